The van der Waals surface area contributed by atoms with Crippen molar-refractivity contribution in [3.05, 3.63) is 53.3 Å². The van der Waals surface area contributed by atoms with Gasteiger partial charge in [-0.2, -0.15) is 0 Å². The van der Waals surface area contributed by atoms with E-state index < -0.39 is 11.9 Å². The molecule has 0 unspecified atom stereocenters. The predicted octanol–water partition coefficient (Wildman–Crippen LogP) is 2.56. The van der Waals surface area contributed by atoms with Crippen LogP contribution in [0.5, 0.6) is 11.5 Å². The Labute approximate surface area is 186 Å². The monoisotopic (exact) mass is 641 g/mol. The van der Waals surface area contributed by atoms with E-state index in [1.54, 1.807) is 12.1 Å². The number of halogens is 4. The molecule has 2 N–H and O–H groups in total. The van der Waals surface area contributed by atoms with E-state index in [4.69, 9.17) is 0 Å². The van der Waals surface area contributed by atoms with Gasteiger partial charge < -0.3 is 30.0 Å². The van der Waals surface area contributed by atoms with E-state index in [9.17, 15) is 30.0 Å². The van der Waals surface area contributed by atoms with Crippen molar-refractivity contribution < 1.29 is 47.1 Å². The predicted molar refractivity (Wildman–Crippen MR) is 95.7 cm³/mol. The Hall–Kier alpha value is -0.581. The summed E-state index contributed by atoms with van der Waals surface area (Å²) in [6.07, 6.45) is 0. The molecular formula is C14H6Br4MnO6. The molecule has 0 fully saturated rings. The summed E-state index contributed by atoms with van der Waals surface area (Å²) in [5.41, 5.74) is -0.479. The molecule has 0 aliphatic rings. The van der Waals surface area contributed by atoms with Gasteiger partial charge in [0.15, 0.2) is 0 Å². The zero-order valence-corrected chi connectivity index (χ0v) is 19.3. The zero-order valence-electron chi connectivity index (χ0n) is 11.7. The van der Waals surface area contributed by atoms with Crippen LogP contribution in [0, 0.1) is 0 Å². The van der Waals surface area contributed by atoms with Gasteiger partial charge in [-0.1, -0.05) is 31.9 Å². The molecule has 2 rings (SSSR count). The summed E-state index contributed by atoms with van der Waals surface area (Å²) >= 11 is 12.2. The molecule has 0 aliphatic carbocycles. The van der Waals surface area contributed by atoms with E-state index in [2.05, 4.69) is 63.7 Å². The number of carbonyl (C=O) groups excluding carboxylic acids is 2. The smallest absolute Gasteiger partial charge is 0.545 e. The van der Waals surface area contributed by atoms with E-state index in [-0.39, 0.29) is 39.7 Å². The second-order valence-electron chi connectivity index (χ2n) is 4.14. The standard InChI is InChI=1S/2C7H4Br2O3.Mn/c2*8-3-1-4(7(11)12)6(10)5(9)2-3;/h2*1-2,10H,(H,11,12);/q;;+2/p-2. The Balaban J connectivity index is 0.000000443. The number of phenols is 2. The average molecular weight is 645 g/mol. The summed E-state index contributed by atoms with van der Waals surface area (Å²) in [6.45, 7) is 0. The van der Waals surface area contributed by atoms with Crippen molar-refractivity contribution in [1.82, 2.24) is 0 Å². The number of rotatable bonds is 2. The Bertz CT molecular complexity index is 745. The van der Waals surface area contributed by atoms with Gasteiger partial charge >= 0.3 is 17.1 Å². The SMILES string of the molecule is O=C([O-])c1cc(Br)cc(Br)c1O.O=C([O-])c1cc(Br)cc(Br)c1O.[Mn+2]. The van der Waals surface area contributed by atoms with Crippen molar-refractivity contribution in [2.45, 2.75) is 0 Å². The van der Waals surface area contributed by atoms with Crippen molar-refractivity contribution in [3.63, 3.8) is 0 Å². The number of aromatic carboxylic acids is 2. The molecule has 0 bridgehead atoms. The molecule has 0 atom stereocenters. The van der Waals surface area contributed by atoms with Gasteiger partial charge in [-0.25, -0.2) is 0 Å². The molecular weight excluding hydrogens is 639 g/mol. The normalized spacial score (nSPS) is 9.44. The molecule has 0 aromatic heterocycles. The first kappa shape index (κ1) is 24.4. The summed E-state index contributed by atoms with van der Waals surface area (Å²) < 4.78 is 1.75. The van der Waals surface area contributed by atoms with Crippen molar-refractivity contribution >= 4 is 75.7 Å². The first-order valence-corrected chi connectivity index (χ1v) is 9.00. The number of benzene rings is 2. The summed E-state index contributed by atoms with van der Waals surface area (Å²) in [6, 6.07) is 5.63. The Morgan fingerprint density at radius 3 is 1.24 bits per heavy atom. The van der Waals surface area contributed by atoms with Crippen LogP contribution in [-0.4, -0.2) is 22.2 Å². The van der Waals surface area contributed by atoms with Crippen LogP contribution in [0.2, 0.25) is 0 Å². The molecule has 1 radical (unpaired) electrons. The van der Waals surface area contributed by atoms with Crippen molar-refractivity contribution in [2.75, 3.05) is 0 Å². The van der Waals surface area contributed by atoms with Crippen LogP contribution in [0.4, 0.5) is 0 Å². The van der Waals surface area contributed by atoms with Crippen LogP contribution >= 0.6 is 63.7 Å². The van der Waals surface area contributed by atoms with Crippen molar-refractivity contribution in [2.24, 2.45) is 0 Å². The Morgan fingerprint density at radius 1 is 0.720 bits per heavy atom. The van der Waals surface area contributed by atoms with Crippen molar-refractivity contribution in [3.8, 4) is 11.5 Å². The molecule has 2 aromatic carbocycles. The van der Waals surface area contributed by atoms with Crippen LogP contribution in [0.25, 0.3) is 0 Å². The molecule has 0 amide bonds. The summed E-state index contributed by atoms with van der Waals surface area (Å²) in [4.78, 5) is 20.8. The fraction of sp³-hybridized carbons (Fsp3) is 0. The fourth-order valence-corrected chi connectivity index (χ4v) is 3.89. The van der Waals surface area contributed by atoms with Gasteiger partial charge in [0.25, 0.3) is 0 Å². The summed E-state index contributed by atoms with van der Waals surface area (Å²) in [5.74, 6) is -3.46. The number of carbonyl (C=O) groups is 2. The van der Waals surface area contributed by atoms with Gasteiger partial charge in [0.05, 0.1) is 20.9 Å². The Kier molecular flexibility index (Phi) is 10.3. The van der Waals surface area contributed by atoms with E-state index in [0.717, 1.165) is 0 Å². The molecule has 0 saturated heterocycles. The minimum atomic E-state index is -1.41. The maximum Gasteiger partial charge on any atom is 2.00 e. The third-order valence-corrected chi connectivity index (χ3v) is 4.62. The molecule has 0 heterocycles. The second kappa shape index (κ2) is 10.5. The number of carboxylic acid groups (broad SMARTS) is 2. The largest absolute Gasteiger partial charge is 2.00 e. The summed E-state index contributed by atoms with van der Waals surface area (Å²) in [7, 11) is 0. The number of hydrogen-bond acceptors (Lipinski definition) is 6. The summed E-state index contributed by atoms with van der Waals surface area (Å²) in [5, 5.41) is 39.2. The molecule has 2 aromatic rings. The van der Waals surface area contributed by atoms with Gasteiger partial charge in [-0.15, -0.1) is 0 Å². The first-order valence-electron chi connectivity index (χ1n) is 5.83. The molecule has 11 heteroatoms. The topological polar surface area (TPSA) is 121 Å². The van der Waals surface area contributed by atoms with Gasteiger partial charge in [-0.3, -0.25) is 0 Å². The van der Waals surface area contributed by atoms with Crippen LogP contribution < -0.4 is 10.2 Å². The number of aromatic hydroxyl groups is 2. The average Bonchev–Trinajstić information content (AvgIpc) is 2.46. The molecule has 133 valence electrons. The van der Waals surface area contributed by atoms with E-state index >= 15 is 0 Å². The number of carboxylic acids is 2. The molecule has 0 aliphatic heterocycles. The van der Waals surface area contributed by atoms with E-state index in [0.29, 0.717) is 17.9 Å². The second-order valence-corrected chi connectivity index (χ2v) is 7.68. The van der Waals surface area contributed by atoms with Gasteiger partial charge in [0.2, 0.25) is 0 Å². The molecule has 25 heavy (non-hydrogen) atoms. The van der Waals surface area contributed by atoms with Gasteiger partial charge in [0.1, 0.15) is 11.5 Å². The first-order chi connectivity index (χ1) is 11.0. The van der Waals surface area contributed by atoms with Crippen molar-refractivity contribution in [1.29, 1.82) is 0 Å². The minimum Gasteiger partial charge on any atom is -0.545 e. The van der Waals surface area contributed by atoms with Gasteiger partial charge in [-0.05, 0) is 56.1 Å². The van der Waals surface area contributed by atoms with Gasteiger partial charge in [0, 0.05) is 20.1 Å². The molecule has 0 saturated carbocycles. The van der Waals surface area contributed by atoms with Crippen LogP contribution in [0.3, 0.4) is 0 Å². The maximum absolute atomic E-state index is 10.4. The number of hydrogen-bond donors (Lipinski definition) is 2. The third kappa shape index (κ3) is 6.91. The van der Waals surface area contributed by atoms with Crippen LogP contribution in [-0.2, 0) is 17.1 Å². The van der Waals surface area contributed by atoms with Crippen LogP contribution in [0.1, 0.15) is 20.7 Å². The third-order valence-electron chi connectivity index (χ3n) is 2.50. The fourth-order valence-electron chi connectivity index (χ4n) is 1.44. The Morgan fingerprint density at radius 2 is 1.00 bits per heavy atom. The van der Waals surface area contributed by atoms with E-state index in [1.165, 1.54) is 12.1 Å². The zero-order chi connectivity index (χ0) is 18.6. The van der Waals surface area contributed by atoms with E-state index in [1.807, 2.05) is 0 Å². The molecule has 6 nitrogen and oxygen atoms in total. The quantitative estimate of drug-likeness (QED) is 0.485. The minimum absolute atomic E-state index is 0. The maximum atomic E-state index is 10.4. The molecule has 0 spiro atoms. The van der Waals surface area contributed by atoms with Crippen LogP contribution in [0.15, 0.2) is 42.2 Å².